The van der Waals surface area contributed by atoms with Gasteiger partial charge in [-0.05, 0) is 65.4 Å². The number of rotatable bonds is 4. The van der Waals surface area contributed by atoms with Crippen LogP contribution in [-0.4, -0.2) is 33.7 Å². The number of hydrogen-bond donors (Lipinski definition) is 2. The highest BCUT2D eigenvalue weighted by atomic mass is 127. The van der Waals surface area contributed by atoms with Crippen molar-refractivity contribution in [3.05, 3.63) is 79.5 Å². The molecule has 8 heteroatoms. The zero-order valence-corrected chi connectivity index (χ0v) is 18.2. The lowest BCUT2D eigenvalue weighted by atomic mass is 10.1. The number of hydrogen-bond acceptors (Lipinski definition) is 6. The van der Waals surface area contributed by atoms with Crippen molar-refractivity contribution < 1.29 is 24.5 Å². The topological polar surface area (TPSA) is 96.2 Å². The van der Waals surface area contributed by atoms with E-state index in [1.54, 1.807) is 55.5 Å². The van der Waals surface area contributed by atoms with Gasteiger partial charge in [-0.25, -0.2) is 9.79 Å². The Morgan fingerprint density at radius 2 is 1.90 bits per heavy atom. The fourth-order valence-corrected chi connectivity index (χ4v) is 4.05. The van der Waals surface area contributed by atoms with Gasteiger partial charge in [0.05, 0.1) is 15.1 Å². The molecule has 0 unspecified atom stereocenters. The molecule has 2 N–H and O–H groups in total. The van der Waals surface area contributed by atoms with Gasteiger partial charge in [-0.15, -0.1) is 0 Å². The van der Waals surface area contributed by atoms with Crippen molar-refractivity contribution in [1.82, 2.24) is 0 Å². The second kappa shape index (κ2) is 9.27. The number of aliphatic hydroxyl groups excluding tert-OH is 1. The van der Waals surface area contributed by atoms with Crippen molar-refractivity contribution in [2.75, 3.05) is 6.61 Å². The lowest BCUT2D eigenvalue weighted by molar-refractivity contribution is -0.138. The molecular weight excluding hydrogens is 505 g/mol. The zero-order valence-electron chi connectivity index (χ0n) is 15.3. The molecule has 1 aliphatic heterocycles. The van der Waals surface area contributed by atoms with Crippen molar-refractivity contribution in [2.24, 2.45) is 4.99 Å². The lowest BCUT2D eigenvalue weighted by Crippen LogP contribution is -2.14. The summed E-state index contributed by atoms with van der Waals surface area (Å²) in [7, 11) is 0. The number of phenols is 1. The van der Waals surface area contributed by atoms with Crippen molar-refractivity contribution in [3.63, 3.8) is 0 Å². The van der Waals surface area contributed by atoms with Gasteiger partial charge in [-0.1, -0.05) is 36.0 Å². The minimum Gasteiger partial charge on any atom is -0.507 e. The first-order valence-corrected chi connectivity index (χ1v) is 10.5. The van der Waals surface area contributed by atoms with E-state index in [4.69, 9.17) is 4.74 Å². The van der Waals surface area contributed by atoms with Crippen LogP contribution in [0, 0.1) is 3.57 Å². The Balaban J connectivity index is 2.02. The molecule has 1 amide bonds. The highest BCUT2D eigenvalue weighted by Gasteiger charge is 2.33. The SMILES string of the molecule is CCOC(=O)C1=C(O)/C(=C/c2ccc(O)c(I)c2)SC1=NC(=O)c1ccccc1. The third kappa shape index (κ3) is 4.88. The van der Waals surface area contributed by atoms with Crippen LogP contribution in [0.4, 0.5) is 0 Å². The summed E-state index contributed by atoms with van der Waals surface area (Å²) in [5, 5.41) is 20.4. The first-order chi connectivity index (χ1) is 13.9. The van der Waals surface area contributed by atoms with E-state index in [0.29, 0.717) is 19.6 Å². The van der Waals surface area contributed by atoms with Gasteiger partial charge in [-0.3, -0.25) is 4.79 Å². The first-order valence-electron chi connectivity index (χ1n) is 8.58. The van der Waals surface area contributed by atoms with E-state index in [2.05, 4.69) is 4.99 Å². The van der Waals surface area contributed by atoms with Gasteiger partial charge in [0.2, 0.25) is 0 Å². The summed E-state index contributed by atoms with van der Waals surface area (Å²) in [5.74, 6) is -1.42. The van der Waals surface area contributed by atoms with Gasteiger partial charge in [0.1, 0.15) is 22.1 Å². The molecule has 148 valence electrons. The predicted molar refractivity (Wildman–Crippen MR) is 121 cm³/mol. The number of halogens is 1. The number of thioether (sulfide) groups is 1. The standard InChI is InChI=1S/C21H16INO5S/c1-2-28-21(27)17-18(25)16(11-12-8-9-15(24)14(22)10-12)29-20(17)23-19(26)13-6-4-3-5-7-13/h3-11,24-25H,2H2,1H3/b16-11-,23-20?. The molecule has 1 heterocycles. The molecule has 0 radical (unpaired) electrons. The molecule has 0 fully saturated rings. The van der Waals surface area contributed by atoms with Crippen LogP contribution < -0.4 is 0 Å². The zero-order chi connectivity index (χ0) is 21.0. The van der Waals surface area contributed by atoms with E-state index in [1.165, 1.54) is 6.07 Å². The van der Waals surface area contributed by atoms with E-state index in [1.807, 2.05) is 22.6 Å². The number of aromatic hydroxyl groups is 1. The second-order valence-electron chi connectivity index (χ2n) is 5.85. The summed E-state index contributed by atoms with van der Waals surface area (Å²) in [4.78, 5) is 29.2. The number of esters is 1. The van der Waals surface area contributed by atoms with Crippen molar-refractivity contribution in [1.29, 1.82) is 0 Å². The van der Waals surface area contributed by atoms with E-state index in [9.17, 15) is 19.8 Å². The molecule has 0 bridgehead atoms. The summed E-state index contributed by atoms with van der Waals surface area (Å²) >= 11 is 3.00. The fourth-order valence-electron chi connectivity index (χ4n) is 2.49. The van der Waals surface area contributed by atoms with Crippen LogP contribution in [0.15, 0.2) is 69.8 Å². The molecule has 1 aliphatic rings. The number of aliphatic hydroxyl groups is 1. The number of nitrogens with zero attached hydrogens (tertiary/aromatic N) is 1. The highest BCUT2D eigenvalue weighted by Crippen LogP contribution is 2.39. The molecule has 0 saturated carbocycles. The molecule has 0 aromatic heterocycles. The summed E-state index contributed by atoms with van der Waals surface area (Å²) in [6.07, 6.45) is 1.65. The van der Waals surface area contributed by atoms with Crippen LogP contribution in [0.25, 0.3) is 6.08 Å². The Hall–Kier alpha value is -2.59. The maximum Gasteiger partial charge on any atom is 0.344 e. The quantitative estimate of drug-likeness (QED) is 0.448. The number of carbonyl (C=O) groups excluding carboxylic acids is 2. The summed E-state index contributed by atoms with van der Waals surface area (Å²) < 4.78 is 5.66. The minimum absolute atomic E-state index is 0.0783. The largest absolute Gasteiger partial charge is 0.507 e. The monoisotopic (exact) mass is 521 g/mol. The normalized spacial score (nSPS) is 16.5. The van der Waals surface area contributed by atoms with E-state index in [0.717, 1.165) is 11.8 Å². The van der Waals surface area contributed by atoms with E-state index < -0.39 is 11.9 Å². The average molecular weight is 521 g/mol. The summed E-state index contributed by atoms with van der Waals surface area (Å²) in [5.41, 5.74) is 0.940. The summed E-state index contributed by atoms with van der Waals surface area (Å²) in [6.45, 7) is 1.77. The van der Waals surface area contributed by atoms with Crippen molar-refractivity contribution in [3.8, 4) is 5.75 Å². The van der Waals surface area contributed by atoms with Crippen molar-refractivity contribution in [2.45, 2.75) is 6.92 Å². The van der Waals surface area contributed by atoms with Crippen LogP contribution in [0.3, 0.4) is 0 Å². The third-order valence-electron chi connectivity index (χ3n) is 3.86. The van der Waals surface area contributed by atoms with Crippen LogP contribution in [0.1, 0.15) is 22.8 Å². The number of benzene rings is 2. The predicted octanol–water partition coefficient (Wildman–Crippen LogP) is 4.70. The number of aliphatic imine (C=N–C) groups is 1. The molecular formula is C21H16INO5S. The smallest absolute Gasteiger partial charge is 0.344 e. The van der Waals surface area contributed by atoms with Gasteiger partial charge in [0.25, 0.3) is 5.91 Å². The van der Waals surface area contributed by atoms with Crippen LogP contribution in [-0.2, 0) is 9.53 Å². The van der Waals surface area contributed by atoms with Crippen LogP contribution >= 0.6 is 34.4 Å². The summed E-state index contributed by atoms with van der Waals surface area (Å²) in [6, 6.07) is 13.4. The van der Waals surface area contributed by atoms with Crippen molar-refractivity contribution >= 4 is 57.3 Å². The molecule has 0 saturated heterocycles. The first kappa shape index (κ1) is 21.1. The van der Waals surface area contributed by atoms with Gasteiger partial charge in [0.15, 0.2) is 0 Å². The molecule has 2 aromatic rings. The van der Waals surface area contributed by atoms with E-state index in [-0.39, 0.29) is 28.7 Å². The second-order valence-corrected chi connectivity index (χ2v) is 8.05. The van der Waals surface area contributed by atoms with Gasteiger partial charge < -0.3 is 14.9 Å². The Labute approximate surface area is 185 Å². The maximum atomic E-state index is 12.5. The Bertz CT molecular complexity index is 1060. The molecule has 2 aromatic carbocycles. The number of ether oxygens (including phenoxy) is 1. The van der Waals surface area contributed by atoms with Gasteiger partial charge >= 0.3 is 5.97 Å². The van der Waals surface area contributed by atoms with Gasteiger partial charge in [0, 0.05) is 5.56 Å². The molecule has 0 atom stereocenters. The molecule has 0 aliphatic carbocycles. The fraction of sp³-hybridized carbons (Fsp3) is 0.0952. The van der Waals surface area contributed by atoms with Crippen LogP contribution in [0.2, 0.25) is 0 Å². The third-order valence-corrected chi connectivity index (χ3v) is 5.75. The highest BCUT2D eigenvalue weighted by molar-refractivity contribution is 14.1. The molecule has 6 nitrogen and oxygen atoms in total. The number of carbonyl (C=O) groups is 2. The molecule has 29 heavy (non-hydrogen) atoms. The van der Waals surface area contributed by atoms with Crippen LogP contribution in [0.5, 0.6) is 5.75 Å². The molecule has 0 spiro atoms. The van der Waals surface area contributed by atoms with E-state index >= 15 is 0 Å². The average Bonchev–Trinajstić information content (AvgIpc) is 3.00. The number of phenolic OH excluding ortho intramolecular Hbond substituents is 1. The Kier molecular flexibility index (Phi) is 6.75. The Morgan fingerprint density at radius 3 is 2.55 bits per heavy atom. The number of amides is 1. The Morgan fingerprint density at radius 1 is 1.17 bits per heavy atom. The molecule has 3 rings (SSSR count). The lowest BCUT2D eigenvalue weighted by Gasteiger charge is -2.03. The minimum atomic E-state index is -0.749. The maximum absolute atomic E-state index is 12.5. The van der Waals surface area contributed by atoms with Gasteiger partial charge in [-0.2, -0.15) is 0 Å².